The largest absolute Gasteiger partial charge is 0.352 e. The van der Waals surface area contributed by atoms with E-state index in [0.29, 0.717) is 23.4 Å². The average Bonchev–Trinajstić information content (AvgIpc) is 2.77. The van der Waals surface area contributed by atoms with E-state index in [0.717, 1.165) is 11.1 Å². The van der Waals surface area contributed by atoms with Crippen molar-refractivity contribution in [3.05, 3.63) is 95.3 Å². The molecule has 30 heavy (non-hydrogen) atoms. The predicted molar refractivity (Wildman–Crippen MR) is 115 cm³/mol. The van der Waals surface area contributed by atoms with Gasteiger partial charge in [0.1, 0.15) is 0 Å². The molecule has 6 heteroatoms. The Morgan fingerprint density at radius 3 is 2.43 bits per heavy atom. The zero-order chi connectivity index (χ0) is 21.3. The second-order valence-corrected chi connectivity index (χ2v) is 6.96. The molecule has 2 amide bonds. The van der Waals surface area contributed by atoms with Gasteiger partial charge in [0.15, 0.2) is 5.78 Å². The number of amides is 2. The standard InChI is InChI=1S/C24H23N3O3/c1-17-7-9-19(10-8-17)22(28)11-12-23(29)26-15-18-4-2-6-21(14-18)27-24(30)20-5-3-13-25-16-20/h2-10,13-14,16H,11-12,15H2,1H3,(H,26,29)(H,27,30). The maximum Gasteiger partial charge on any atom is 0.257 e. The Labute approximate surface area is 175 Å². The Hall–Kier alpha value is -3.80. The number of aryl methyl sites for hydroxylation is 1. The lowest BCUT2D eigenvalue weighted by Gasteiger charge is -2.09. The summed E-state index contributed by atoms with van der Waals surface area (Å²) >= 11 is 0. The number of anilines is 1. The van der Waals surface area contributed by atoms with Crippen LogP contribution in [0.4, 0.5) is 5.69 Å². The first kappa shape index (κ1) is 20.9. The van der Waals surface area contributed by atoms with Crippen LogP contribution in [0, 0.1) is 6.92 Å². The molecule has 3 rings (SSSR count). The third kappa shape index (κ3) is 6.10. The van der Waals surface area contributed by atoms with Crippen LogP contribution in [-0.4, -0.2) is 22.6 Å². The van der Waals surface area contributed by atoms with Crippen LogP contribution in [0.25, 0.3) is 0 Å². The third-order valence-corrected chi connectivity index (χ3v) is 4.55. The van der Waals surface area contributed by atoms with Gasteiger partial charge in [-0.15, -0.1) is 0 Å². The number of benzene rings is 2. The molecule has 0 spiro atoms. The summed E-state index contributed by atoms with van der Waals surface area (Å²) in [6.45, 7) is 2.27. The highest BCUT2D eigenvalue weighted by Crippen LogP contribution is 2.13. The first-order valence-corrected chi connectivity index (χ1v) is 9.68. The number of nitrogens with zero attached hydrogens (tertiary/aromatic N) is 1. The van der Waals surface area contributed by atoms with Crippen molar-refractivity contribution in [2.24, 2.45) is 0 Å². The quantitative estimate of drug-likeness (QED) is 0.560. The smallest absolute Gasteiger partial charge is 0.257 e. The van der Waals surface area contributed by atoms with Crippen LogP contribution in [0.2, 0.25) is 0 Å². The van der Waals surface area contributed by atoms with Crippen LogP contribution in [-0.2, 0) is 11.3 Å². The van der Waals surface area contributed by atoms with Gasteiger partial charge in [-0.05, 0) is 36.8 Å². The maximum absolute atomic E-state index is 12.2. The van der Waals surface area contributed by atoms with Crippen molar-refractivity contribution < 1.29 is 14.4 Å². The summed E-state index contributed by atoms with van der Waals surface area (Å²) in [4.78, 5) is 40.4. The molecule has 0 aliphatic carbocycles. The van der Waals surface area contributed by atoms with Gasteiger partial charge in [0.05, 0.1) is 5.56 Å². The van der Waals surface area contributed by atoms with Gasteiger partial charge in [-0.25, -0.2) is 0 Å². The lowest BCUT2D eigenvalue weighted by atomic mass is 10.0. The topological polar surface area (TPSA) is 88.2 Å². The Kier molecular flexibility index (Phi) is 7.05. The number of Topliss-reactive ketones (excluding diaryl/α,β-unsaturated/α-hetero) is 1. The van der Waals surface area contributed by atoms with E-state index in [-0.39, 0.29) is 30.4 Å². The van der Waals surface area contributed by atoms with Crippen molar-refractivity contribution in [3.63, 3.8) is 0 Å². The molecule has 6 nitrogen and oxygen atoms in total. The van der Waals surface area contributed by atoms with Gasteiger partial charge in [-0.3, -0.25) is 19.4 Å². The van der Waals surface area contributed by atoms with Crippen molar-refractivity contribution in [1.29, 1.82) is 0 Å². The molecule has 0 saturated heterocycles. The first-order chi connectivity index (χ1) is 14.5. The fourth-order valence-electron chi connectivity index (χ4n) is 2.86. The van der Waals surface area contributed by atoms with Crippen LogP contribution in [0.3, 0.4) is 0 Å². The van der Waals surface area contributed by atoms with Crippen molar-refractivity contribution in [2.75, 3.05) is 5.32 Å². The zero-order valence-corrected chi connectivity index (χ0v) is 16.7. The Bertz CT molecular complexity index is 1030. The van der Waals surface area contributed by atoms with Crippen molar-refractivity contribution in [1.82, 2.24) is 10.3 Å². The summed E-state index contributed by atoms with van der Waals surface area (Å²) in [6.07, 6.45) is 3.39. The molecule has 0 aliphatic heterocycles. The molecule has 2 N–H and O–H groups in total. The lowest BCUT2D eigenvalue weighted by Crippen LogP contribution is -2.23. The molecule has 0 saturated carbocycles. The van der Waals surface area contributed by atoms with Crippen LogP contribution < -0.4 is 10.6 Å². The highest BCUT2D eigenvalue weighted by molar-refractivity contribution is 6.04. The van der Waals surface area contributed by atoms with Gasteiger partial charge < -0.3 is 10.6 Å². The molecule has 3 aromatic rings. The Balaban J connectivity index is 1.47. The summed E-state index contributed by atoms with van der Waals surface area (Å²) in [6, 6.07) is 17.9. The fraction of sp³-hybridized carbons (Fsp3) is 0.167. The van der Waals surface area contributed by atoms with E-state index in [4.69, 9.17) is 0 Å². The number of hydrogen-bond acceptors (Lipinski definition) is 4. The van der Waals surface area contributed by atoms with Crippen LogP contribution in [0.5, 0.6) is 0 Å². The van der Waals surface area contributed by atoms with E-state index in [2.05, 4.69) is 15.6 Å². The maximum atomic E-state index is 12.2. The molecule has 0 atom stereocenters. The van der Waals surface area contributed by atoms with E-state index >= 15 is 0 Å². The number of ketones is 1. The zero-order valence-electron chi connectivity index (χ0n) is 16.7. The van der Waals surface area contributed by atoms with Crippen molar-refractivity contribution >= 4 is 23.3 Å². The summed E-state index contributed by atoms with van der Waals surface area (Å²) in [5, 5.41) is 5.63. The second kappa shape index (κ2) is 10.1. The number of rotatable bonds is 8. The Morgan fingerprint density at radius 2 is 1.70 bits per heavy atom. The number of aromatic nitrogens is 1. The van der Waals surface area contributed by atoms with E-state index < -0.39 is 0 Å². The monoisotopic (exact) mass is 401 g/mol. The van der Waals surface area contributed by atoms with Crippen molar-refractivity contribution in [3.8, 4) is 0 Å². The molecule has 1 heterocycles. The average molecular weight is 401 g/mol. The minimum Gasteiger partial charge on any atom is -0.352 e. The van der Waals surface area contributed by atoms with Crippen LogP contribution in [0.1, 0.15) is 44.7 Å². The minimum atomic E-state index is -0.251. The molecule has 152 valence electrons. The molecule has 0 fully saturated rings. The predicted octanol–water partition coefficient (Wildman–Crippen LogP) is 3.92. The van der Waals surface area contributed by atoms with Gasteiger partial charge in [0, 0.05) is 43.0 Å². The van der Waals surface area contributed by atoms with Crippen LogP contribution in [0.15, 0.2) is 73.1 Å². The first-order valence-electron chi connectivity index (χ1n) is 9.68. The molecule has 1 aromatic heterocycles. The summed E-state index contributed by atoms with van der Waals surface area (Å²) < 4.78 is 0. The second-order valence-electron chi connectivity index (χ2n) is 6.96. The van der Waals surface area contributed by atoms with Gasteiger partial charge in [0.2, 0.25) is 5.91 Å². The van der Waals surface area contributed by atoms with Crippen LogP contribution >= 0.6 is 0 Å². The SMILES string of the molecule is Cc1ccc(C(=O)CCC(=O)NCc2cccc(NC(=O)c3cccnc3)c2)cc1. The number of carbonyl (C=O) groups excluding carboxylic acids is 3. The van der Waals surface area contributed by atoms with Crippen molar-refractivity contribution in [2.45, 2.75) is 26.3 Å². The van der Waals surface area contributed by atoms with E-state index in [9.17, 15) is 14.4 Å². The molecular formula is C24H23N3O3. The summed E-state index contributed by atoms with van der Waals surface area (Å²) in [5.74, 6) is -0.496. The lowest BCUT2D eigenvalue weighted by molar-refractivity contribution is -0.121. The van der Waals surface area contributed by atoms with E-state index in [1.165, 1.54) is 6.20 Å². The third-order valence-electron chi connectivity index (χ3n) is 4.55. The number of nitrogens with one attached hydrogen (secondary N) is 2. The number of pyridine rings is 1. The molecule has 2 aromatic carbocycles. The Morgan fingerprint density at radius 1 is 0.900 bits per heavy atom. The van der Waals surface area contributed by atoms with Gasteiger partial charge in [-0.1, -0.05) is 42.0 Å². The fourth-order valence-corrected chi connectivity index (χ4v) is 2.86. The highest BCUT2D eigenvalue weighted by atomic mass is 16.2. The highest BCUT2D eigenvalue weighted by Gasteiger charge is 2.10. The normalized spacial score (nSPS) is 10.3. The summed E-state index contributed by atoms with van der Waals surface area (Å²) in [7, 11) is 0. The van der Waals surface area contributed by atoms with Gasteiger partial charge >= 0.3 is 0 Å². The molecule has 0 aliphatic rings. The molecule has 0 unspecified atom stereocenters. The van der Waals surface area contributed by atoms with Gasteiger partial charge in [-0.2, -0.15) is 0 Å². The number of carbonyl (C=O) groups is 3. The number of hydrogen-bond donors (Lipinski definition) is 2. The van der Waals surface area contributed by atoms with E-state index in [1.54, 1.807) is 48.7 Å². The van der Waals surface area contributed by atoms with E-state index in [1.807, 2.05) is 25.1 Å². The van der Waals surface area contributed by atoms with Gasteiger partial charge in [0.25, 0.3) is 5.91 Å². The summed E-state index contributed by atoms with van der Waals surface area (Å²) in [5.41, 5.74) is 3.64. The molecular weight excluding hydrogens is 378 g/mol. The molecule has 0 radical (unpaired) electrons. The minimum absolute atomic E-state index is 0.0507. The molecule has 0 bridgehead atoms.